The molecule has 4 heterocycles. The minimum atomic E-state index is -0.763. The van der Waals surface area contributed by atoms with E-state index in [1.54, 1.807) is 12.4 Å². The molecule has 2 aromatic heterocycles. The number of nitrogens with zero attached hydrogens (tertiary/aromatic N) is 1. The molecular weight excluding hydrogens is 478 g/mol. The number of hydrogen-bond donors (Lipinski definition) is 3. The second kappa shape index (κ2) is 8.85. The maximum Gasteiger partial charge on any atom is 0.235 e. The molecule has 0 atom stereocenters. The summed E-state index contributed by atoms with van der Waals surface area (Å²) in [5.41, 5.74) is 4.27. The summed E-state index contributed by atoms with van der Waals surface area (Å²) < 4.78 is 40.2. The maximum atomic E-state index is 15.0. The normalized spacial score (nSPS) is 16.2. The molecule has 0 unspecified atom stereocenters. The number of methoxy groups -OCH3 is 2. The number of aromatic nitrogens is 2. The van der Waals surface area contributed by atoms with Gasteiger partial charge < -0.3 is 25.1 Å². The van der Waals surface area contributed by atoms with Crippen molar-refractivity contribution < 1.29 is 23.0 Å². The number of carbonyl (C=O) groups is 1. The summed E-state index contributed by atoms with van der Waals surface area (Å²) in [6.07, 6.45) is 4.97. The van der Waals surface area contributed by atoms with Gasteiger partial charge in [0.05, 0.1) is 19.6 Å². The number of aromatic amines is 1. The minimum absolute atomic E-state index is 0.0207. The highest BCUT2D eigenvalue weighted by Gasteiger charge is 2.47. The molecule has 9 heteroatoms. The fourth-order valence-electron chi connectivity index (χ4n) is 5.60. The molecular formula is C28H26F2N4O3. The number of pyridine rings is 1. The van der Waals surface area contributed by atoms with Gasteiger partial charge in [-0.25, -0.2) is 13.8 Å². The van der Waals surface area contributed by atoms with Crippen LogP contribution in [0.2, 0.25) is 0 Å². The van der Waals surface area contributed by atoms with E-state index < -0.39 is 17.0 Å². The number of rotatable bonds is 5. The summed E-state index contributed by atoms with van der Waals surface area (Å²) in [7, 11) is 2.65. The van der Waals surface area contributed by atoms with E-state index in [1.165, 1.54) is 20.3 Å². The Morgan fingerprint density at radius 3 is 2.43 bits per heavy atom. The van der Waals surface area contributed by atoms with Crippen LogP contribution in [0.1, 0.15) is 29.5 Å². The third-order valence-corrected chi connectivity index (χ3v) is 7.66. The number of benzene rings is 2. The number of ether oxygens (including phenoxy) is 2. The van der Waals surface area contributed by atoms with Crippen molar-refractivity contribution in [2.45, 2.75) is 24.7 Å². The number of nitrogens with one attached hydrogen (secondary N) is 3. The maximum absolute atomic E-state index is 15.0. The quantitative estimate of drug-likeness (QED) is 0.367. The number of piperidine rings is 1. The second-order valence-electron chi connectivity index (χ2n) is 9.55. The van der Waals surface area contributed by atoms with Gasteiger partial charge >= 0.3 is 0 Å². The van der Waals surface area contributed by atoms with Gasteiger partial charge in [-0.15, -0.1) is 0 Å². The highest BCUT2D eigenvalue weighted by atomic mass is 19.1. The molecule has 1 fully saturated rings. The molecule has 6 rings (SSSR count). The van der Waals surface area contributed by atoms with Gasteiger partial charge in [0.15, 0.2) is 23.1 Å². The van der Waals surface area contributed by atoms with E-state index in [1.807, 2.05) is 24.3 Å². The van der Waals surface area contributed by atoms with E-state index in [0.29, 0.717) is 11.2 Å². The molecule has 1 amide bonds. The van der Waals surface area contributed by atoms with Crippen molar-refractivity contribution in [1.29, 1.82) is 0 Å². The minimum Gasteiger partial charge on any atom is -0.494 e. The smallest absolute Gasteiger partial charge is 0.235 e. The molecule has 0 bridgehead atoms. The van der Waals surface area contributed by atoms with Gasteiger partial charge in [-0.05, 0) is 54.8 Å². The number of amides is 1. The Kier molecular flexibility index (Phi) is 5.60. The van der Waals surface area contributed by atoms with Gasteiger partial charge in [-0.3, -0.25) is 4.79 Å². The van der Waals surface area contributed by atoms with Crippen LogP contribution in [-0.4, -0.2) is 43.2 Å². The monoisotopic (exact) mass is 504 g/mol. The fraction of sp³-hybridized carbons (Fsp3) is 0.286. The molecule has 2 aromatic carbocycles. The third kappa shape index (κ3) is 3.64. The molecule has 3 N–H and O–H groups in total. The Labute approximate surface area is 212 Å². The van der Waals surface area contributed by atoms with Crippen LogP contribution in [0.25, 0.3) is 22.2 Å². The molecule has 4 aromatic rings. The zero-order valence-electron chi connectivity index (χ0n) is 20.5. The molecule has 2 aliphatic rings. The van der Waals surface area contributed by atoms with Crippen molar-refractivity contribution in [3.05, 3.63) is 71.1 Å². The van der Waals surface area contributed by atoms with Gasteiger partial charge in [-0.2, -0.15) is 0 Å². The standard InChI is InChI=1S/C28H26F2N4O3/c1-36-22-12-23(37-2)25(30)19(24(22)29)10-17-14-33-26-18(17)9-16(13-32-26)15-3-4-20-21(11-15)34-27(35)28(20)5-7-31-8-6-28/h3-4,9,11-14,31H,5-8,10H2,1-2H3,(H,32,33)(H,34,35). The first-order chi connectivity index (χ1) is 17.9. The Hall–Kier alpha value is -3.98. The van der Waals surface area contributed by atoms with Crippen LogP contribution >= 0.6 is 0 Å². The van der Waals surface area contributed by atoms with E-state index in [4.69, 9.17) is 9.47 Å². The van der Waals surface area contributed by atoms with Crippen molar-refractivity contribution in [3.63, 3.8) is 0 Å². The molecule has 7 nitrogen and oxygen atoms in total. The van der Waals surface area contributed by atoms with Crippen LogP contribution in [0, 0.1) is 11.6 Å². The van der Waals surface area contributed by atoms with Gasteiger partial charge in [-0.1, -0.05) is 12.1 Å². The predicted molar refractivity (Wildman–Crippen MR) is 136 cm³/mol. The molecule has 0 saturated carbocycles. The van der Waals surface area contributed by atoms with Crippen LogP contribution < -0.4 is 20.1 Å². The molecule has 1 spiro atoms. The SMILES string of the molecule is COc1cc(OC)c(F)c(Cc2c[nH]c3ncc(-c4ccc5c(c4)NC(=O)C54CCNCC4)cc23)c1F. The van der Waals surface area contributed by atoms with Crippen LogP contribution in [0.3, 0.4) is 0 Å². The number of carbonyl (C=O) groups excluding carboxylic acids is 1. The largest absolute Gasteiger partial charge is 0.494 e. The van der Waals surface area contributed by atoms with Crippen molar-refractivity contribution in [3.8, 4) is 22.6 Å². The first-order valence-corrected chi connectivity index (χ1v) is 12.2. The first kappa shape index (κ1) is 23.4. The van der Waals surface area contributed by atoms with Crippen LogP contribution in [0.5, 0.6) is 11.5 Å². The zero-order chi connectivity index (χ0) is 25.7. The molecule has 37 heavy (non-hydrogen) atoms. The van der Waals surface area contributed by atoms with E-state index in [2.05, 4.69) is 20.6 Å². The summed E-state index contributed by atoms with van der Waals surface area (Å²) >= 11 is 0. The van der Waals surface area contributed by atoms with Crippen molar-refractivity contribution in [2.24, 2.45) is 0 Å². The Morgan fingerprint density at radius 1 is 1.00 bits per heavy atom. The molecule has 190 valence electrons. The lowest BCUT2D eigenvalue weighted by Crippen LogP contribution is -2.44. The van der Waals surface area contributed by atoms with Crippen LogP contribution in [-0.2, 0) is 16.6 Å². The van der Waals surface area contributed by atoms with Crippen LogP contribution in [0.4, 0.5) is 14.5 Å². The highest BCUT2D eigenvalue weighted by molar-refractivity contribution is 6.07. The summed E-state index contributed by atoms with van der Waals surface area (Å²) in [6.45, 7) is 1.62. The number of halogens is 2. The molecule has 0 aliphatic carbocycles. The highest BCUT2D eigenvalue weighted by Crippen LogP contribution is 2.45. The molecule has 1 saturated heterocycles. The van der Waals surface area contributed by atoms with Gasteiger partial charge in [0.2, 0.25) is 5.91 Å². The Bertz CT molecular complexity index is 1510. The first-order valence-electron chi connectivity index (χ1n) is 12.2. The van der Waals surface area contributed by atoms with E-state index in [-0.39, 0.29) is 29.4 Å². The van der Waals surface area contributed by atoms with Crippen LogP contribution in [0.15, 0.2) is 42.7 Å². The topological polar surface area (TPSA) is 88.3 Å². The van der Waals surface area contributed by atoms with E-state index in [9.17, 15) is 4.79 Å². The zero-order valence-corrected chi connectivity index (χ0v) is 20.5. The van der Waals surface area contributed by atoms with Crippen molar-refractivity contribution in [1.82, 2.24) is 15.3 Å². The van der Waals surface area contributed by atoms with Crippen molar-refractivity contribution in [2.75, 3.05) is 32.6 Å². The number of fused-ring (bicyclic) bond motifs is 3. The van der Waals surface area contributed by atoms with E-state index >= 15 is 8.78 Å². The van der Waals surface area contributed by atoms with Gasteiger partial charge in [0.1, 0.15) is 5.65 Å². The summed E-state index contributed by atoms with van der Waals surface area (Å²) in [4.78, 5) is 20.6. The van der Waals surface area contributed by atoms with E-state index in [0.717, 1.165) is 53.7 Å². The Morgan fingerprint density at radius 2 is 1.73 bits per heavy atom. The average Bonchev–Trinajstić information content (AvgIpc) is 3.44. The third-order valence-electron chi connectivity index (χ3n) is 7.66. The van der Waals surface area contributed by atoms with Crippen molar-refractivity contribution >= 4 is 22.6 Å². The Balaban J connectivity index is 1.38. The molecule has 0 radical (unpaired) electrons. The molecule has 2 aliphatic heterocycles. The number of H-pyrrole nitrogens is 1. The summed E-state index contributed by atoms with van der Waals surface area (Å²) in [6, 6.07) is 9.16. The van der Waals surface area contributed by atoms with Gasteiger partial charge in [0.25, 0.3) is 0 Å². The number of anilines is 1. The fourth-order valence-corrected chi connectivity index (χ4v) is 5.60. The predicted octanol–water partition coefficient (Wildman–Crippen LogP) is 4.69. The second-order valence-corrected chi connectivity index (χ2v) is 9.55. The number of hydrogen-bond acceptors (Lipinski definition) is 5. The summed E-state index contributed by atoms with van der Waals surface area (Å²) in [5.74, 6) is -1.64. The average molecular weight is 505 g/mol. The van der Waals surface area contributed by atoms with Gasteiger partial charge in [0, 0.05) is 47.1 Å². The summed E-state index contributed by atoms with van der Waals surface area (Å²) in [5, 5.41) is 7.15. The lowest BCUT2D eigenvalue weighted by Gasteiger charge is -2.32. The lowest BCUT2D eigenvalue weighted by molar-refractivity contribution is -0.121. The lowest BCUT2D eigenvalue weighted by atomic mass is 9.74.